The minimum atomic E-state index is -0.300. The summed E-state index contributed by atoms with van der Waals surface area (Å²) in [6.07, 6.45) is 0. The topological polar surface area (TPSA) is 98.2 Å². The number of nitrogens with two attached hydrogens (primary N) is 2. The molecule has 2 amide bonds. The second kappa shape index (κ2) is 4.52. The lowest BCUT2D eigenvalue weighted by atomic mass is 10.1. The van der Waals surface area contributed by atoms with Gasteiger partial charge in [0.2, 0.25) is 0 Å². The van der Waals surface area contributed by atoms with E-state index in [4.69, 9.17) is 0 Å². The number of imide groups is 1. The predicted octanol–water partition coefficient (Wildman–Crippen LogP) is -0.241. The fourth-order valence-corrected chi connectivity index (χ4v) is 1.12. The van der Waals surface area contributed by atoms with Crippen LogP contribution in [0.25, 0.3) is 0 Å². The van der Waals surface area contributed by atoms with Gasteiger partial charge in [0, 0.05) is 0 Å². The van der Waals surface area contributed by atoms with Gasteiger partial charge in [0.25, 0.3) is 11.8 Å². The molecule has 5 N–H and O–H groups in total. The predicted molar refractivity (Wildman–Crippen MR) is 59.2 cm³/mol. The van der Waals surface area contributed by atoms with Crippen LogP contribution in [-0.4, -0.2) is 16.9 Å². The molecular weight excluding hydrogens is 214 g/mol. The van der Waals surface area contributed by atoms with E-state index in [1.54, 1.807) is 24.3 Å². The van der Waals surface area contributed by atoms with Crippen molar-refractivity contribution in [3.05, 3.63) is 35.4 Å². The van der Waals surface area contributed by atoms with Crippen molar-refractivity contribution in [2.24, 2.45) is 11.5 Å². The van der Waals surface area contributed by atoms with E-state index in [1.807, 2.05) is 0 Å². The van der Waals surface area contributed by atoms with Crippen LogP contribution in [0.4, 0.5) is 0 Å². The first kappa shape index (κ1) is 11.1. The van der Waals surface area contributed by atoms with Crippen LogP contribution in [0.5, 0.6) is 0 Å². The number of nitrogens with one attached hydrogen (secondary N) is 1. The van der Waals surface area contributed by atoms with Crippen molar-refractivity contribution >= 4 is 29.1 Å². The number of thiocarbonyl (C=S) groups is 1. The van der Waals surface area contributed by atoms with Crippen molar-refractivity contribution in [3.8, 4) is 0 Å². The maximum atomic E-state index is 10.9. The van der Waals surface area contributed by atoms with Gasteiger partial charge in [0.1, 0.15) is 0 Å². The molecule has 2 rings (SSSR count). The summed E-state index contributed by atoms with van der Waals surface area (Å²) in [5.41, 5.74) is 10.2. The number of hydrogen-bond acceptors (Lipinski definition) is 3. The zero-order valence-electron chi connectivity index (χ0n) is 7.69. The Hall–Kier alpha value is -1.95. The summed E-state index contributed by atoms with van der Waals surface area (Å²) in [7, 11) is 0. The molecule has 0 spiro atoms. The zero-order chi connectivity index (χ0) is 11.4. The van der Waals surface area contributed by atoms with Gasteiger partial charge in [-0.3, -0.25) is 14.9 Å². The van der Waals surface area contributed by atoms with E-state index in [0.29, 0.717) is 11.1 Å². The maximum Gasteiger partial charge on any atom is 0.258 e. The molecule has 0 unspecified atom stereocenters. The number of hydrogen-bond donors (Lipinski definition) is 3. The molecule has 1 aromatic rings. The van der Waals surface area contributed by atoms with Crippen LogP contribution in [0.3, 0.4) is 0 Å². The van der Waals surface area contributed by atoms with E-state index in [9.17, 15) is 9.59 Å². The minimum Gasteiger partial charge on any atom is -0.377 e. The highest BCUT2D eigenvalue weighted by atomic mass is 32.1. The lowest BCUT2D eigenvalue weighted by Gasteiger charge is -1.88. The van der Waals surface area contributed by atoms with Gasteiger partial charge in [-0.05, 0) is 24.4 Å². The Morgan fingerprint density at radius 2 is 1.40 bits per heavy atom. The summed E-state index contributed by atoms with van der Waals surface area (Å²) in [4.78, 5) is 21.9. The van der Waals surface area contributed by atoms with Gasteiger partial charge in [0.15, 0.2) is 5.11 Å². The first-order valence-electron chi connectivity index (χ1n) is 4.02. The Balaban J connectivity index is 0.000000245. The summed E-state index contributed by atoms with van der Waals surface area (Å²) in [5.74, 6) is -0.601. The lowest BCUT2D eigenvalue weighted by molar-refractivity contribution is 0.0879. The number of carbonyl (C=O) groups excluding carboxylic acids is 2. The molecule has 0 bridgehead atoms. The third-order valence-electron chi connectivity index (χ3n) is 1.64. The Kier molecular flexibility index (Phi) is 3.35. The molecule has 5 nitrogen and oxygen atoms in total. The average Bonchev–Trinajstić information content (AvgIpc) is 2.43. The van der Waals surface area contributed by atoms with Gasteiger partial charge in [0.05, 0.1) is 11.1 Å². The molecule has 0 saturated heterocycles. The summed E-state index contributed by atoms with van der Waals surface area (Å²) in [5, 5.41) is 2.20. The molecule has 1 aromatic carbocycles. The smallest absolute Gasteiger partial charge is 0.258 e. The summed E-state index contributed by atoms with van der Waals surface area (Å²) >= 11 is 4.09. The largest absolute Gasteiger partial charge is 0.377 e. The Morgan fingerprint density at radius 3 is 1.73 bits per heavy atom. The molecule has 0 aliphatic carbocycles. The van der Waals surface area contributed by atoms with Crippen LogP contribution in [-0.2, 0) is 0 Å². The standard InChI is InChI=1S/C8H5NO2.CH4N2S/c10-7-5-3-1-2-4-6(5)8(11)9-7;2-1(3)4/h1-4H,(H,9,10,11);(H4,2,3,4). The zero-order valence-corrected chi connectivity index (χ0v) is 8.51. The number of rotatable bonds is 0. The highest BCUT2D eigenvalue weighted by molar-refractivity contribution is 7.80. The molecular formula is C9H9N3O2S. The minimum absolute atomic E-state index is 0.000000000000000222. The van der Waals surface area contributed by atoms with Gasteiger partial charge >= 0.3 is 0 Å². The second-order valence-electron chi connectivity index (χ2n) is 2.73. The van der Waals surface area contributed by atoms with Crippen molar-refractivity contribution in [1.29, 1.82) is 0 Å². The molecule has 0 fully saturated rings. The number of amides is 2. The average molecular weight is 223 g/mol. The highest BCUT2D eigenvalue weighted by Gasteiger charge is 2.25. The number of carbonyl (C=O) groups is 2. The molecule has 1 aliphatic heterocycles. The van der Waals surface area contributed by atoms with E-state index >= 15 is 0 Å². The third-order valence-corrected chi connectivity index (χ3v) is 1.64. The van der Waals surface area contributed by atoms with Gasteiger partial charge in [-0.15, -0.1) is 0 Å². The van der Waals surface area contributed by atoms with E-state index < -0.39 is 0 Å². The Bertz CT molecular complexity index is 394. The summed E-state index contributed by atoms with van der Waals surface area (Å²) in [6, 6.07) is 6.74. The van der Waals surface area contributed by atoms with Crippen LogP contribution in [0.1, 0.15) is 20.7 Å². The normalized spacial score (nSPS) is 12.3. The van der Waals surface area contributed by atoms with Crippen LogP contribution in [0, 0.1) is 0 Å². The van der Waals surface area contributed by atoms with Crippen LogP contribution >= 0.6 is 12.2 Å². The molecule has 0 aromatic heterocycles. The quantitative estimate of drug-likeness (QED) is 0.416. The monoisotopic (exact) mass is 223 g/mol. The van der Waals surface area contributed by atoms with Gasteiger partial charge < -0.3 is 11.5 Å². The highest BCUT2D eigenvalue weighted by Crippen LogP contribution is 2.13. The SMILES string of the molecule is NC(N)=S.O=C1NC(=O)c2ccccc21. The fourth-order valence-electron chi connectivity index (χ4n) is 1.12. The van der Waals surface area contributed by atoms with E-state index in [0.717, 1.165) is 0 Å². The fraction of sp³-hybridized carbons (Fsp3) is 0. The van der Waals surface area contributed by atoms with Crippen molar-refractivity contribution in [2.75, 3.05) is 0 Å². The molecule has 78 valence electrons. The Morgan fingerprint density at radius 1 is 1.07 bits per heavy atom. The van der Waals surface area contributed by atoms with Crippen LogP contribution < -0.4 is 16.8 Å². The molecule has 15 heavy (non-hydrogen) atoms. The van der Waals surface area contributed by atoms with Gasteiger partial charge in [-0.1, -0.05) is 12.1 Å². The summed E-state index contributed by atoms with van der Waals surface area (Å²) in [6.45, 7) is 0. The van der Waals surface area contributed by atoms with Gasteiger partial charge in [-0.2, -0.15) is 0 Å². The molecule has 0 radical (unpaired) electrons. The lowest BCUT2D eigenvalue weighted by Crippen LogP contribution is -2.19. The van der Waals surface area contributed by atoms with Crippen molar-refractivity contribution < 1.29 is 9.59 Å². The first-order valence-corrected chi connectivity index (χ1v) is 4.43. The van der Waals surface area contributed by atoms with Crippen LogP contribution in [0.15, 0.2) is 24.3 Å². The molecule has 6 heteroatoms. The second-order valence-corrected chi connectivity index (χ2v) is 3.20. The van der Waals surface area contributed by atoms with Crippen molar-refractivity contribution in [3.63, 3.8) is 0 Å². The number of benzene rings is 1. The number of fused-ring (bicyclic) bond motifs is 1. The van der Waals surface area contributed by atoms with Gasteiger partial charge in [-0.25, -0.2) is 0 Å². The Labute approximate surface area is 91.4 Å². The van der Waals surface area contributed by atoms with Crippen molar-refractivity contribution in [1.82, 2.24) is 5.32 Å². The summed E-state index contributed by atoms with van der Waals surface area (Å²) < 4.78 is 0. The third kappa shape index (κ3) is 2.75. The maximum absolute atomic E-state index is 10.9. The van der Waals surface area contributed by atoms with Crippen molar-refractivity contribution in [2.45, 2.75) is 0 Å². The molecule has 0 atom stereocenters. The molecule has 0 saturated carbocycles. The molecule has 1 heterocycles. The van der Waals surface area contributed by atoms with E-state index in [2.05, 4.69) is 29.0 Å². The van der Waals surface area contributed by atoms with E-state index in [1.165, 1.54) is 0 Å². The van der Waals surface area contributed by atoms with E-state index in [-0.39, 0.29) is 16.9 Å². The first-order chi connectivity index (χ1) is 7.02. The molecule has 1 aliphatic rings. The van der Waals surface area contributed by atoms with Crippen LogP contribution in [0.2, 0.25) is 0 Å².